The average Bonchev–Trinajstić information content (AvgIpc) is 2.76. The van der Waals surface area contributed by atoms with Gasteiger partial charge < -0.3 is 5.32 Å². The summed E-state index contributed by atoms with van der Waals surface area (Å²) in [5.74, 6) is 0.138. The third kappa shape index (κ3) is 3.35. The predicted octanol–water partition coefficient (Wildman–Crippen LogP) is 2.53. The van der Waals surface area contributed by atoms with Crippen LogP contribution >= 0.6 is 11.3 Å². The second kappa shape index (κ2) is 5.54. The van der Waals surface area contributed by atoms with E-state index in [4.69, 9.17) is 0 Å². The van der Waals surface area contributed by atoms with Crippen LogP contribution in [0, 0.1) is 6.92 Å². The molecule has 0 aliphatic rings. The third-order valence-electron chi connectivity index (χ3n) is 2.25. The number of nitrogens with one attached hydrogen (secondary N) is 1. The molecule has 88 valence electrons. The fraction of sp³-hybridized carbons (Fsp3) is 0.250. The van der Waals surface area contributed by atoms with E-state index in [9.17, 15) is 4.79 Å². The molecule has 1 aromatic carbocycles. The van der Waals surface area contributed by atoms with Crippen LogP contribution in [-0.4, -0.2) is 22.5 Å². The molecule has 0 aliphatic carbocycles. The molecule has 4 nitrogen and oxygen atoms in total. The maximum Gasteiger partial charge on any atom is 0.205 e. The Morgan fingerprint density at radius 3 is 2.71 bits per heavy atom. The first-order valence-corrected chi connectivity index (χ1v) is 6.19. The molecule has 0 spiro atoms. The van der Waals surface area contributed by atoms with Gasteiger partial charge in [0.2, 0.25) is 5.13 Å². The van der Waals surface area contributed by atoms with Gasteiger partial charge in [-0.25, -0.2) is 0 Å². The summed E-state index contributed by atoms with van der Waals surface area (Å²) in [7, 11) is 0. The van der Waals surface area contributed by atoms with Crippen molar-refractivity contribution in [3.05, 3.63) is 40.9 Å². The highest BCUT2D eigenvalue weighted by Crippen LogP contribution is 2.13. The number of hydrogen-bond donors (Lipinski definition) is 1. The lowest BCUT2D eigenvalue weighted by atomic mass is 10.1. The van der Waals surface area contributed by atoms with Crippen LogP contribution in [0.2, 0.25) is 0 Å². The molecule has 0 unspecified atom stereocenters. The molecule has 0 saturated heterocycles. The van der Waals surface area contributed by atoms with Gasteiger partial charge in [-0.3, -0.25) is 4.79 Å². The Morgan fingerprint density at radius 2 is 2.06 bits per heavy atom. The summed E-state index contributed by atoms with van der Waals surface area (Å²) in [6.07, 6.45) is 0.461. The number of Topliss-reactive ketones (excluding diaryl/α,β-unsaturated/α-hetero) is 1. The van der Waals surface area contributed by atoms with Gasteiger partial charge in [-0.1, -0.05) is 41.7 Å². The van der Waals surface area contributed by atoms with Crippen molar-refractivity contribution in [1.29, 1.82) is 0 Å². The van der Waals surface area contributed by atoms with Gasteiger partial charge in [-0.15, -0.1) is 10.2 Å². The molecule has 1 aromatic heterocycles. The molecule has 5 heteroatoms. The number of carbonyl (C=O) groups is 1. The van der Waals surface area contributed by atoms with Crippen molar-refractivity contribution >= 4 is 22.3 Å². The number of benzene rings is 1. The molecule has 0 fully saturated rings. The van der Waals surface area contributed by atoms with Gasteiger partial charge >= 0.3 is 0 Å². The monoisotopic (exact) mass is 247 g/mol. The van der Waals surface area contributed by atoms with Crippen molar-refractivity contribution in [2.24, 2.45) is 0 Å². The van der Waals surface area contributed by atoms with Crippen LogP contribution in [0.25, 0.3) is 0 Å². The first kappa shape index (κ1) is 11.7. The molecule has 2 aromatic rings. The minimum Gasteiger partial charge on any atom is -0.360 e. The number of anilines is 1. The quantitative estimate of drug-likeness (QED) is 0.825. The average molecular weight is 247 g/mol. The highest BCUT2D eigenvalue weighted by molar-refractivity contribution is 7.15. The van der Waals surface area contributed by atoms with Crippen molar-refractivity contribution in [2.75, 3.05) is 11.9 Å². The van der Waals surface area contributed by atoms with E-state index in [2.05, 4.69) is 15.5 Å². The number of aromatic nitrogens is 2. The summed E-state index contributed by atoms with van der Waals surface area (Å²) in [4.78, 5) is 11.8. The summed E-state index contributed by atoms with van der Waals surface area (Å²) in [5.41, 5.74) is 0.753. The van der Waals surface area contributed by atoms with Crippen LogP contribution < -0.4 is 5.32 Å². The van der Waals surface area contributed by atoms with E-state index in [0.717, 1.165) is 15.7 Å². The SMILES string of the molecule is Cc1nnc(NCCC(=O)c2ccccc2)s1. The van der Waals surface area contributed by atoms with Gasteiger partial charge in [0.1, 0.15) is 5.01 Å². The largest absolute Gasteiger partial charge is 0.360 e. The number of ketones is 1. The standard InChI is InChI=1S/C12H13N3OS/c1-9-14-15-12(17-9)13-8-7-11(16)10-5-3-2-4-6-10/h2-6H,7-8H2,1H3,(H,13,15). The number of carbonyl (C=O) groups excluding carboxylic acids is 1. The molecule has 0 saturated carbocycles. The summed E-state index contributed by atoms with van der Waals surface area (Å²) in [6, 6.07) is 9.30. The molecule has 0 atom stereocenters. The normalized spacial score (nSPS) is 10.2. The van der Waals surface area contributed by atoms with E-state index in [1.54, 1.807) is 0 Å². The van der Waals surface area contributed by atoms with Crippen LogP contribution in [0.15, 0.2) is 30.3 Å². The summed E-state index contributed by atoms with van der Waals surface area (Å²) >= 11 is 1.49. The molecular formula is C12H13N3OS. The Balaban J connectivity index is 1.81. The minimum absolute atomic E-state index is 0.138. The molecule has 2 rings (SSSR count). The zero-order chi connectivity index (χ0) is 12.1. The summed E-state index contributed by atoms with van der Waals surface area (Å²) in [5, 5.41) is 12.6. The van der Waals surface area contributed by atoms with E-state index in [1.807, 2.05) is 37.3 Å². The molecule has 0 radical (unpaired) electrons. The predicted molar refractivity (Wildman–Crippen MR) is 68.5 cm³/mol. The molecule has 0 amide bonds. The Bertz CT molecular complexity index is 495. The lowest BCUT2D eigenvalue weighted by Crippen LogP contribution is -2.08. The van der Waals surface area contributed by atoms with Crippen LogP contribution in [-0.2, 0) is 0 Å². The maximum atomic E-state index is 11.8. The van der Waals surface area contributed by atoms with Crippen molar-refractivity contribution in [2.45, 2.75) is 13.3 Å². The van der Waals surface area contributed by atoms with Gasteiger partial charge in [0.25, 0.3) is 0 Å². The molecular weight excluding hydrogens is 234 g/mol. The van der Waals surface area contributed by atoms with Gasteiger partial charge in [-0.05, 0) is 6.92 Å². The van der Waals surface area contributed by atoms with Gasteiger partial charge in [0, 0.05) is 18.5 Å². The van der Waals surface area contributed by atoms with Crippen molar-refractivity contribution in [3.63, 3.8) is 0 Å². The van der Waals surface area contributed by atoms with E-state index in [1.165, 1.54) is 11.3 Å². The Hall–Kier alpha value is -1.75. The van der Waals surface area contributed by atoms with E-state index < -0.39 is 0 Å². The van der Waals surface area contributed by atoms with Gasteiger partial charge in [-0.2, -0.15) is 0 Å². The van der Waals surface area contributed by atoms with Crippen molar-refractivity contribution < 1.29 is 4.79 Å². The number of hydrogen-bond acceptors (Lipinski definition) is 5. The molecule has 17 heavy (non-hydrogen) atoms. The number of rotatable bonds is 5. The zero-order valence-electron chi connectivity index (χ0n) is 9.51. The van der Waals surface area contributed by atoms with Crippen LogP contribution in [0.4, 0.5) is 5.13 Å². The third-order valence-corrected chi connectivity index (χ3v) is 3.05. The highest BCUT2D eigenvalue weighted by Gasteiger charge is 2.05. The molecule has 1 heterocycles. The van der Waals surface area contributed by atoms with E-state index in [0.29, 0.717) is 13.0 Å². The smallest absolute Gasteiger partial charge is 0.205 e. The second-order valence-corrected chi connectivity index (χ2v) is 4.77. The van der Waals surface area contributed by atoms with E-state index >= 15 is 0 Å². The lowest BCUT2D eigenvalue weighted by Gasteiger charge is -2.01. The minimum atomic E-state index is 0.138. The van der Waals surface area contributed by atoms with Gasteiger partial charge in [0.05, 0.1) is 0 Å². The summed E-state index contributed by atoms with van der Waals surface area (Å²) < 4.78 is 0. The highest BCUT2D eigenvalue weighted by atomic mass is 32.1. The second-order valence-electron chi connectivity index (χ2n) is 3.59. The number of aryl methyl sites for hydroxylation is 1. The maximum absolute atomic E-state index is 11.8. The van der Waals surface area contributed by atoms with Crippen molar-refractivity contribution in [3.8, 4) is 0 Å². The molecule has 0 bridgehead atoms. The van der Waals surface area contributed by atoms with E-state index in [-0.39, 0.29) is 5.78 Å². The van der Waals surface area contributed by atoms with Crippen molar-refractivity contribution in [1.82, 2.24) is 10.2 Å². The first-order chi connectivity index (χ1) is 8.25. The van der Waals surface area contributed by atoms with Crippen LogP contribution in [0.1, 0.15) is 21.8 Å². The fourth-order valence-corrected chi connectivity index (χ4v) is 2.04. The fourth-order valence-electron chi connectivity index (χ4n) is 1.42. The zero-order valence-corrected chi connectivity index (χ0v) is 10.3. The Labute approximate surface area is 104 Å². The lowest BCUT2D eigenvalue weighted by molar-refractivity contribution is 0.0986. The first-order valence-electron chi connectivity index (χ1n) is 5.38. The topological polar surface area (TPSA) is 54.9 Å². The van der Waals surface area contributed by atoms with Crippen LogP contribution in [0.5, 0.6) is 0 Å². The molecule has 0 aliphatic heterocycles. The number of nitrogens with zero attached hydrogens (tertiary/aromatic N) is 2. The Morgan fingerprint density at radius 1 is 1.29 bits per heavy atom. The van der Waals surface area contributed by atoms with Gasteiger partial charge in [0.15, 0.2) is 5.78 Å². The Kier molecular flexibility index (Phi) is 3.82. The summed E-state index contributed by atoms with van der Waals surface area (Å²) in [6.45, 7) is 2.49. The van der Waals surface area contributed by atoms with Crippen LogP contribution in [0.3, 0.4) is 0 Å². The molecule has 1 N–H and O–H groups in total.